The molecular weight excluding hydrogens is 830 g/mol. The molecule has 3 aliphatic rings. The molecule has 67 heavy (non-hydrogen) atoms. The number of nitrogens with zero attached hydrogens (tertiary/aromatic N) is 3. The van der Waals surface area contributed by atoms with E-state index in [0.717, 1.165) is 17.9 Å². The van der Waals surface area contributed by atoms with E-state index in [1.807, 2.05) is 11.3 Å². The Morgan fingerprint density at radius 1 is 0.537 bits per heavy atom. The normalized spacial score (nSPS) is 16.5. The van der Waals surface area contributed by atoms with Gasteiger partial charge in [-0.3, -0.25) is 4.90 Å². The third-order valence-corrected chi connectivity index (χ3v) is 16.9. The number of anilines is 6. The van der Waals surface area contributed by atoms with Gasteiger partial charge in [0, 0.05) is 43.2 Å². The van der Waals surface area contributed by atoms with Crippen molar-refractivity contribution in [3.8, 4) is 11.1 Å². The molecule has 0 saturated carbocycles. The van der Waals surface area contributed by atoms with Crippen molar-refractivity contribution in [3.05, 3.63) is 142 Å². The zero-order chi connectivity index (χ0) is 48.1. The molecule has 1 aliphatic carbocycles. The first kappa shape index (κ1) is 45.6. The van der Waals surface area contributed by atoms with E-state index in [2.05, 4.69) is 231 Å². The molecule has 344 valence electrons. The SMILES string of the molecule is Cc1cc2c3c(n1)N(c1ccc4c(c1)C(C)(C)CCC4(C)C)c1c(sc4ccc(C(C)(C)C)cc14)B3c1cc(C(C)(C)C)ccc1N2c1ccc(C(C)(C)C)cc1-c1ccc(C(C)(C)C)cc1. The molecule has 0 amide bonds. The number of hydrogen-bond donors (Lipinski definition) is 0. The van der Waals surface area contributed by atoms with Gasteiger partial charge in [-0.2, -0.15) is 0 Å². The van der Waals surface area contributed by atoms with E-state index in [9.17, 15) is 0 Å². The summed E-state index contributed by atoms with van der Waals surface area (Å²) in [5.41, 5.74) is 20.7. The summed E-state index contributed by atoms with van der Waals surface area (Å²) in [6.45, 7) is 39.9. The van der Waals surface area contributed by atoms with Crippen LogP contribution in [-0.4, -0.2) is 11.7 Å². The van der Waals surface area contributed by atoms with Crippen LogP contribution in [0.25, 0.3) is 21.2 Å². The summed E-state index contributed by atoms with van der Waals surface area (Å²) in [6.07, 6.45) is 2.35. The Hall–Kier alpha value is -5.13. The largest absolute Gasteiger partial charge is 0.311 e. The molecule has 0 unspecified atom stereocenters. The highest BCUT2D eigenvalue weighted by atomic mass is 32.1. The third kappa shape index (κ3) is 7.49. The summed E-state index contributed by atoms with van der Waals surface area (Å²) in [5.74, 6) is 1.04. The molecule has 5 aromatic carbocycles. The molecule has 0 saturated heterocycles. The maximum Gasteiger partial charge on any atom is 0.266 e. The molecule has 5 heteroatoms. The minimum Gasteiger partial charge on any atom is -0.311 e. The second kappa shape index (κ2) is 14.9. The number of rotatable bonds is 3. The van der Waals surface area contributed by atoms with Crippen LogP contribution in [0.15, 0.2) is 103 Å². The Bertz CT molecular complexity index is 3140. The minimum atomic E-state index is -0.0438. The highest BCUT2D eigenvalue weighted by Crippen LogP contribution is 2.52. The zero-order valence-corrected chi connectivity index (χ0v) is 44.4. The number of aromatic nitrogens is 1. The fourth-order valence-corrected chi connectivity index (χ4v) is 12.5. The topological polar surface area (TPSA) is 19.4 Å². The molecule has 0 bridgehead atoms. The molecule has 0 atom stereocenters. The van der Waals surface area contributed by atoms with Gasteiger partial charge in [0.25, 0.3) is 6.71 Å². The Morgan fingerprint density at radius 2 is 1.09 bits per heavy atom. The molecule has 0 N–H and O–H groups in total. The van der Waals surface area contributed by atoms with Crippen molar-refractivity contribution in [1.29, 1.82) is 0 Å². The van der Waals surface area contributed by atoms with Gasteiger partial charge in [0.05, 0.1) is 11.4 Å². The van der Waals surface area contributed by atoms with Crippen molar-refractivity contribution in [2.24, 2.45) is 0 Å². The standard InChI is InChI=1S/C62H72BN3S/c1-37-32-51-53-56(64-37)65(43-25-26-46-47(36-43)62(16,17)31-30-61(46,14)15)54-45-34-41(59(8,9)10)24-29-52(45)67-55(54)63(53)48-35-42(60(11,12)13)23-28-50(48)66(51)49-27-22-40(58(5,6)7)33-44(49)38-18-20-39(21-19-38)57(2,3)4/h18-29,32-36H,30-31H2,1-17H3. The van der Waals surface area contributed by atoms with Crippen molar-refractivity contribution in [1.82, 2.24) is 4.98 Å². The first-order chi connectivity index (χ1) is 31.1. The van der Waals surface area contributed by atoms with Crippen LogP contribution in [0.5, 0.6) is 0 Å². The highest BCUT2D eigenvalue weighted by Gasteiger charge is 2.48. The van der Waals surface area contributed by atoms with Crippen molar-refractivity contribution in [3.63, 3.8) is 0 Å². The predicted molar refractivity (Wildman–Crippen MR) is 294 cm³/mol. The fourth-order valence-electron chi connectivity index (χ4n) is 11.2. The number of pyridine rings is 1. The van der Waals surface area contributed by atoms with E-state index in [1.54, 1.807) is 0 Å². The lowest BCUT2D eigenvalue weighted by atomic mass is 9.36. The van der Waals surface area contributed by atoms with E-state index >= 15 is 0 Å². The lowest BCUT2D eigenvalue weighted by molar-refractivity contribution is 0.332. The maximum absolute atomic E-state index is 5.73. The Balaban J connectivity index is 1.32. The molecule has 0 fully saturated rings. The molecule has 4 heterocycles. The average molecular weight is 902 g/mol. The molecule has 2 aromatic heterocycles. The van der Waals surface area contributed by atoms with Crippen LogP contribution in [0.1, 0.15) is 163 Å². The summed E-state index contributed by atoms with van der Waals surface area (Å²) in [5, 5.41) is 1.31. The summed E-state index contributed by atoms with van der Waals surface area (Å²) in [7, 11) is 0. The Morgan fingerprint density at radius 3 is 1.72 bits per heavy atom. The van der Waals surface area contributed by atoms with Gasteiger partial charge < -0.3 is 4.90 Å². The van der Waals surface area contributed by atoms with Crippen LogP contribution < -0.4 is 25.5 Å². The second-order valence-electron chi connectivity index (χ2n) is 25.7. The second-order valence-corrected chi connectivity index (χ2v) is 26.8. The maximum atomic E-state index is 5.73. The van der Waals surface area contributed by atoms with Gasteiger partial charge in [-0.1, -0.05) is 165 Å². The first-order valence-corrected chi connectivity index (χ1v) is 25.7. The van der Waals surface area contributed by atoms with Crippen molar-refractivity contribution >= 4 is 78.1 Å². The summed E-state index contributed by atoms with van der Waals surface area (Å²) >= 11 is 1.98. The molecule has 0 radical (unpaired) electrons. The number of aryl methyl sites for hydroxylation is 1. The van der Waals surface area contributed by atoms with E-state index in [0.29, 0.717) is 0 Å². The average Bonchev–Trinajstić information content (AvgIpc) is 3.62. The monoisotopic (exact) mass is 902 g/mol. The van der Waals surface area contributed by atoms with E-state index in [1.165, 1.54) is 105 Å². The number of fused-ring (bicyclic) bond motifs is 7. The predicted octanol–water partition coefficient (Wildman–Crippen LogP) is 15.9. The van der Waals surface area contributed by atoms with E-state index in [-0.39, 0.29) is 39.2 Å². The van der Waals surface area contributed by atoms with Crippen LogP contribution in [0, 0.1) is 6.92 Å². The van der Waals surface area contributed by atoms with Crippen LogP contribution in [0.3, 0.4) is 0 Å². The van der Waals surface area contributed by atoms with Gasteiger partial charge in [-0.15, -0.1) is 11.3 Å². The highest BCUT2D eigenvalue weighted by molar-refractivity contribution is 7.33. The molecule has 7 aromatic rings. The van der Waals surface area contributed by atoms with Gasteiger partial charge in [0.2, 0.25) is 0 Å². The van der Waals surface area contributed by atoms with Crippen molar-refractivity contribution in [2.75, 3.05) is 9.80 Å². The molecule has 2 aliphatic heterocycles. The van der Waals surface area contributed by atoms with Crippen LogP contribution >= 0.6 is 11.3 Å². The Labute approximate surface area is 407 Å². The van der Waals surface area contributed by atoms with Gasteiger partial charge in [-0.25, -0.2) is 4.98 Å². The van der Waals surface area contributed by atoms with Crippen molar-refractivity contribution < 1.29 is 0 Å². The number of benzene rings is 5. The molecular formula is C62H72BN3S. The lowest BCUT2D eigenvalue weighted by Crippen LogP contribution is -2.61. The summed E-state index contributed by atoms with van der Waals surface area (Å²) < 4.78 is 2.72. The summed E-state index contributed by atoms with van der Waals surface area (Å²) in [4.78, 5) is 10.9. The van der Waals surface area contributed by atoms with Crippen LogP contribution in [-0.2, 0) is 32.5 Å². The first-order valence-electron chi connectivity index (χ1n) is 24.9. The lowest BCUT2D eigenvalue weighted by Gasteiger charge is -2.45. The van der Waals surface area contributed by atoms with Crippen molar-refractivity contribution in [2.45, 2.75) is 163 Å². The van der Waals surface area contributed by atoms with Gasteiger partial charge in [0.1, 0.15) is 5.82 Å². The summed E-state index contributed by atoms with van der Waals surface area (Å²) in [6, 6.07) is 41.1. The number of thiophene rings is 1. The van der Waals surface area contributed by atoms with Crippen LogP contribution in [0.2, 0.25) is 0 Å². The quantitative estimate of drug-likeness (QED) is 0.165. The Kier molecular flexibility index (Phi) is 10.2. The van der Waals surface area contributed by atoms with Gasteiger partial charge in [0.15, 0.2) is 0 Å². The molecule has 0 spiro atoms. The molecule has 10 rings (SSSR count). The van der Waals surface area contributed by atoms with E-state index in [4.69, 9.17) is 4.98 Å². The smallest absolute Gasteiger partial charge is 0.266 e. The van der Waals surface area contributed by atoms with E-state index < -0.39 is 0 Å². The van der Waals surface area contributed by atoms with Gasteiger partial charge in [-0.05, 0) is 151 Å². The zero-order valence-electron chi connectivity index (χ0n) is 43.6. The number of hydrogen-bond acceptors (Lipinski definition) is 4. The van der Waals surface area contributed by atoms with Crippen LogP contribution in [0.4, 0.5) is 34.3 Å². The third-order valence-electron chi connectivity index (χ3n) is 15.6. The fraction of sp³-hybridized carbons (Fsp3) is 0.403. The molecule has 3 nitrogen and oxygen atoms in total. The van der Waals surface area contributed by atoms with Gasteiger partial charge >= 0.3 is 0 Å². The minimum absolute atomic E-state index is 0.00326.